The van der Waals surface area contributed by atoms with E-state index in [1.54, 1.807) is 12.1 Å². The van der Waals surface area contributed by atoms with Crippen LogP contribution in [0.5, 0.6) is 11.6 Å². The van der Waals surface area contributed by atoms with Crippen molar-refractivity contribution in [3.05, 3.63) is 77.2 Å². The van der Waals surface area contributed by atoms with Gasteiger partial charge in [-0.15, -0.1) is 0 Å². The second-order valence-electron chi connectivity index (χ2n) is 6.58. The third kappa shape index (κ3) is 5.54. The van der Waals surface area contributed by atoms with Gasteiger partial charge in [-0.3, -0.25) is 0 Å². The van der Waals surface area contributed by atoms with Crippen molar-refractivity contribution in [2.45, 2.75) is 44.0 Å². The van der Waals surface area contributed by atoms with Gasteiger partial charge < -0.3 is 4.74 Å². The number of thioether (sulfide) groups is 1. The zero-order chi connectivity index (χ0) is 19.2. The molecule has 0 radical (unpaired) electrons. The number of rotatable bonds is 7. The normalized spacial score (nSPS) is 11.0. The smallest absolute Gasteiger partial charge is 0.223 e. The third-order valence-corrected chi connectivity index (χ3v) is 5.04. The van der Waals surface area contributed by atoms with E-state index in [0.717, 1.165) is 23.4 Å². The van der Waals surface area contributed by atoms with Crippen molar-refractivity contribution in [3.63, 3.8) is 0 Å². The van der Waals surface area contributed by atoms with E-state index in [-0.39, 0.29) is 5.82 Å². The Morgan fingerprint density at radius 1 is 1.04 bits per heavy atom. The molecule has 0 aliphatic carbocycles. The van der Waals surface area contributed by atoms with Gasteiger partial charge >= 0.3 is 0 Å². The van der Waals surface area contributed by atoms with Crippen LogP contribution in [0, 0.1) is 5.82 Å². The first kappa shape index (κ1) is 19.4. The highest BCUT2D eigenvalue weighted by Gasteiger charge is 2.08. The zero-order valence-electron chi connectivity index (χ0n) is 15.8. The number of halogens is 1. The fraction of sp³-hybridized carbons (Fsp3) is 0.273. The molecule has 5 heteroatoms. The van der Waals surface area contributed by atoms with E-state index < -0.39 is 0 Å². The van der Waals surface area contributed by atoms with E-state index in [1.165, 1.54) is 29.5 Å². The molecule has 0 atom stereocenters. The monoisotopic (exact) mass is 382 g/mol. The van der Waals surface area contributed by atoms with E-state index in [0.29, 0.717) is 22.7 Å². The molecule has 27 heavy (non-hydrogen) atoms. The van der Waals surface area contributed by atoms with Gasteiger partial charge in [-0.25, -0.2) is 9.37 Å². The summed E-state index contributed by atoms with van der Waals surface area (Å²) in [6, 6.07) is 16.4. The summed E-state index contributed by atoms with van der Waals surface area (Å²) in [5, 5.41) is 0.661. The molecule has 3 aromatic rings. The van der Waals surface area contributed by atoms with Crippen LogP contribution in [-0.4, -0.2) is 9.97 Å². The minimum atomic E-state index is -0.229. The summed E-state index contributed by atoms with van der Waals surface area (Å²) in [5.41, 5.74) is 3.18. The summed E-state index contributed by atoms with van der Waals surface area (Å²) in [6.07, 6.45) is 0.801. The molecule has 3 rings (SSSR count). The van der Waals surface area contributed by atoms with Crippen molar-refractivity contribution in [2.24, 2.45) is 0 Å². The molecule has 0 aliphatic heterocycles. The number of benzene rings is 2. The van der Waals surface area contributed by atoms with Crippen molar-refractivity contribution in [1.29, 1.82) is 0 Å². The second-order valence-corrected chi connectivity index (χ2v) is 7.52. The SMILES string of the molecule is CCc1cc(Oc2cccc(C(C)C)c2)nc(SCc2ccc(F)cc2)n1. The maximum atomic E-state index is 13.0. The Morgan fingerprint density at radius 3 is 2.52 bits per heavy atom. The maximum absolute atomic E-state index is 13.0. The minimum Gasteiger partial charge on any atom is -0.439 e. The predicted octanol–water partition coefficient (Wildman–Crippen LogP) is 6.39. The van der Waals surface area contributed by atoms with E-state index in [9.17, 15) is 4.39 Å². The standard InChI is InChI=1S/C22H23FN2OS/c1-4-19-13-21(26-20-7-5-6-17(12-20)15(2)3)25-22(24-19)27-14-16-8-10-18(23)11-9-16/h5-13,15H,4,14H2,1-3H3. The molecule has 0 saturated heterocycles. The average Bonchev–Trinajstić information content (AvgIpc) is 2.67. The number of ether oxygens (including phenoxy) is 1. The first-order valence-electron chi connectivity index (χ1n) is 9.06. The van der Waals surface area contributed by atoms with E-state index >= 15 is 0 Å². The fourth-order valence-electron chi connectivity index (χ4n) is 2.53. The first-order valence-corrected chi connectivity index (χ1v) is 10.0. The van der Waals surface area contributed by atoms with Gasteiger partial charge in [0, 0.05) is 17.5 Å². The summed E-state index contributed by atoms with van der Waals surface area (Å²) in [5.74, 6) is 2.20. The van der Waals surface area contributed by atoms with E-state index in [2.05, 4.69) is 36.8 Å². The summed E-state index contributed by atoms with van der Waals surface area (Å²) in [6.45, 7) is 6.37. The van der Waals surface area contributed by atoms with Crippen LogP contribution in [0.3, 0.4) is 0 Å². The van der Waals surface area contributed by atoms with Gasteiger partial charge in [0.1, 0.15) is 11.6 Å². The molecule has 0 fully saturated rings. The van der Waals surface area contributed by atoms with Crippen molar-refractivity contribution >= 4 is 11.8 Å². The lowest BCUT2D eigenvalue weighted by molar-refractivity contribution is 0.453. The Bertz CT molecular complexity index is 897. The van der Waals surface area contributed by atoms with Crippen molar-refractivity contribution in [2.75, 3.05) is 0 Å². The topological polar surface area (TPSA) is 35.0 Å². The largest absolute Gasteiger partial charge is 0.439 e. The van der Waals surface area contributed by atoms with Crippen LogP contribution in [-0.2, 0) is 12.2 Å². The van der Waals surface area contributed by atoms with E-state index in [4.69, 9.17) is 4.74 Å². The molecule has 3 nitrogen and oxygen atoms in total. The maximum Gasteiger partial charge on any atom is 0.223 e. The Morgan fingerprint density at radius 2 is 1.81 bits per heavy atom. The first-order chi connectivity index (χ1) is 13.0. The lowest BCUT2D eigenvalue weighted by Gasteiger charge is -2.11. The molecule has 0 N–H and O–H groups in total. The molecule has 2 aromatic carbocycles. The number of hydrogen-bond donors (Lipinski definition) is 0. The summed E-state index contributed by atoms with van der Waals surface area (Å²) >= 11 is 1.52. The van der Waals surface area contributed by atoms with E-state index in [1.807, 2.05) is 24.3 Å². The van der Waals surface area contributed by atoms with Gasteiger partial charge in [-0.2, -0.15) is 4.98 Å². The Labute approximate surface area is 164 Å². The van der Waals surface area contributed by atoms with Gasteiger partial charge in [0.05, 0.1) is 0 Å². The molecule has 0 spiro atoms. The molecule has 140 valence electrons. The quantitative estimate of drug-likeness (QED) is 0.350. The summed E-state index contributed by atoms with van der Waals surface area (Å²) in [7, 11) is 0. The van der Waals surface area contributed by atoms with Crippen molar-refractivity contribution in [3.8, 4) is 11.6 Å². The zero-order valence-corrected chi connectivity index (χ0v) is 16.6. The van der Waals surface area contributed by atoms with Crippen LogP contribution in [0.15, 0.2) is 59.8 Å². The fourth-order valence-corrected chi connectivity index (χ4v) is 3.36. The van der Waals surface area contributed by atoms with Crippen molar-refractivity contribution < 1.29 is 9.13 Å². The minimum absolute atomic E-state index is 0.229. The van der Waals surface area contributed by atoms with Gasteiger partial charge in [0.2, 0.25) is 5.88 Å². The average molecular weight is 383 g/mol. The molecule has 0 unspecified atom stereocenters. The molecular formula is C22H23FN2OS. The Kier molecular flexibility index (Phi) is 6.45. The van der Waals surface area contributed by atoms with Crippen LogP contribution in [0.4, 0.5) is 4.39 Å². The highest BCUT2D eigenvalue weighted by atomic mass is 32.2. The molecule has 0 amide bonds. The van der Waals surface area contributed by atoms with Crippen molar-refractivity contribution in [1.82, 2.24) is 9.97 Å². The van der Waals surface area contributed by atoms with Gasteiger partial charge in [0.25, 0.3) is 0 Å². The van der Waals surface area contributed by atoms with Crippen LogP contribution < -0.4 is 4.74 Å². The number of nitrogens with zero attached hydrogens (tertiary/aromatic N) is 2. The molecule has 0 bridgehead atoms. The molecule has 0 saturated carbocycles. The summed E-state index contributed by atoms with van der Waals surface area (Å²) in [4.78, 5) is 9.11. The number of hydrogen-bond acceptors (Lipinski definition) is 4. The van der Waals surface area contributed by atoms with Crippen LogP contribution in [0.1, 0.15) is 43.5 Å². The van der Waals surface area contributed by atoms with Crippen LogP contribution in [0.2, 0.25) is 0 Å². The van der Waals surface area contributed by atoms with Gasteiger partial charge in [-0.05, 0) is 47.7 Å². The molecule has 0 aliphatic rings. The lowest BCUT2D eigenvalue weighted by Crippen LogP contribution is -1.98. The molecule has 1 aromatic heterocycles. The molecule has 1 heterocycles. The summed E-state index contributed by atoms with van der Waals surface area (Å²) < 4.78 is 19.0. The Hall–Kier alpha value is -2.40. The predicted molar refractivity (Wildman–Crippen MR) is 108 cm³/mol. The third-order valence-electron chi connectivity index (χ3n) is 4.13. The van der Waals surface area contributed by atoms with Gasteiger partial charge in [0.15, 0.2) is 5.16 Å². The Balaban J connectivity index is 1.76. The number of aryl methyl sites for hydroxylation is 1. The second kappa shape index (κ2) is 9.00. The highest BCUT2D eigenvalue weighted by molar-refractivity contribution is 7.98. The molecular weight excluding hydrogens is 359 g/mol. The number of aromatic nitrogens is 2. The lowest BCUT2D eigenvalue weighted by atomic mass is 10.0. The van der Waals surface area contributed by atoms with Gasteiger partial charge in [-0.1, -0.05) is 56.8 Å². The van der Waals surface area contributed by atoms with Crippen LogP contribution in [0.25, 0.3) is 0 Å². The highest BCUT2D eigenvalue weighted by Crippen LogP contribution is 2.27. The van der Waals surface area contributed by atoms with Crippen LogP contribution >= 0.6 is 11.8 Å².